The lowest BCUT2D eigenvalue weighted by Gasteiger charge is -2.30. The third-order valence-electron chi connectivity index (χ3n) is 5.75. The molecule has 0 spiro atoms. The predicted octanol–water partition coefficient (Wildman–Crippen LogP) is 6.91. The maximum Gasteiger partial charge on any atom is 0.00360 e. The third kappa shape index (κ3) is 8.90. The summed E-state index contributed by atoms with van der Waals surface area (Å²) in [5.74, 6) is 2.25. The van der Waals surface area contributed by atoms with E-state index in [0.29, 0.717) is 12.0 Å². The maximum atomic E-state index is 3.77. The lowest BCUT2D eigenvalue weighted by molar-refractivity contribution is 0.237. The quantitative estimate of drug-likeness (QED) is 0.219. The molecule has 4 atom stereocenters. The largest absolute Gasteiger partial charge is 0.314 e. The minimum atomic E-state index is 0.626. The molecule has 0 aliphatic rings. The summed E-state index contributed by atoms with van der Waals surface area (Å²) in [6, 6.07) is 0.657. The zero-order valence-corrected chi connectivity index (χ0v) is 17.5. The molecular weight excluding hydrogens is 290 g/mol. The molecule has 0 aliphatic heterocycles. The fourth-order valence-electron chi connectivity index (χ4n) is 3.66. The molecule has 0 saturated heterocycles. The van der Waals surface area contributed by atoms with Gasteiger partial charge in [0.05, 0.1) is 0 Å². The van der Waals surface area contributed by atoms with Gasteiger partial charge < -0.3 is 5.32 Å². The molecule has 0 aliphatic carbocycles. The summed E-state index contributed by atoms with van der Waals surface area (Å²) in [6.07, 6.45) is 10.2. The van der Waals surface area contributed by atoms with Gasteiger partial charge in [-0.1, -0.05) is 66.0 Å². The van der Waals surface area contributed by atoms with Crippen LogP contribution >= 0.6 is 0 Å². The van der Waals surface area contributed by atoms with Gasteiger partial charge >= 0.3 is 0 Å². The molecule has 0 aromatic carbocycles. The smallest absolute Gasteiger partial charge is 0.00360 e. The molecule has 0 bridgehead atoms. The van der Waals surface area contributed by atoms with Crippen molar-refractivity contribution in [3.05, 3.63) is 29.5 Å². The highest BCUT2D eigenvalue weighted by atomic mass is 14.9. The van der Waals surface area contributed by atoms with Gasteiger partial charge in [0.2, 0.25) is 0 Å². The van der Waals surface area contributed by atoms with Gasteiger partial charge in [0, 0.05) is 6.04 Å². The van der Waals surface area contributed by atoms with Gasteiger partial charge in [0.1, 0.15) is 0 Å². The van der Waals surface area contributed by atoms with Crippen molar-refractivity contribution in [1.82, 2.24) is 5.32 Å². The number of allylic oxidation sites excluding steroid dienone is 3. The summed E-state index contributed by atoms with van der Waals surface area (Å²) in [4.78, 5) is 0. The molecule has 0 heterocycles. The van der Waals surface area contributed by atoms with E-state index in [1.54, 1.807) is 0 Å². The Bertz CT molecular complexity index is 400. The minimum absolute atomic E-state index is 0.626. The van der Waals surface area contributed by atoms with Crippen LogP contribution in [0.3, 0.4) is 0 Å². The van der Waals surface area contributed by atoms with Crippen molar-refractivity contribution in [1.29, 1.82) is 0 Å². The van der Waals surface area contributed by atoms with Gasteiger partial charge in [-0.15, -0.1) is 5.73 Å². The Labute approximate surface area is 152 Å². The van der Waals surface area contributed by atoms with Crippen molar-refractivity contribution < 1.29 is 0 Å². The maximum absolute atomic E-state index is 3.77. The van der Waals surface area contributed by atoms with Crippen LogP contribution in [0.25, 0.3) is 0 Å². The SMILES string of the molecule is C=C=C(C)C(C)=CC(C)C(CC)C(CC)CCCCNC(C)CC. The molecule has 0 rings (SSSR count). The average molecular weight is 334 g/mol. The number of rotatable bonds is 13. The van der Waals surface area contributed by atoms with Crippen molar-refractivity contribution in [3.8, 4) is 0 Å². The Kier molecular flexibility index (Phi) is 13.1. The molecule has 1 N–H and O–H groups in total. The number of hydrogen-bond donors (Lipinski definition) is 1. The molecule has 140 valence electrons. The van der Waals surface area contributed by atoms with E-state index in [1.807, 2.05) is 0 Å². The third-order valence-corrected chi connectivity index (χ3v) is 5.75. The van der Waals surface area contributed by atoms with Crippen molar-refractivity contribution in [2.24, 2.45) is 17.8 Å². The number of nitrogens with one attached hydrogen (secondary N) is 1. The monoisotopic (exact) mass is 333 g/mol. The summed E-state index contributed by atoms with van der Waals surface area (Å²) in [5.41, 5.74) is 5.54. The lowest BCUT2D eigenvalue weighted by atomic mass is 9.76. The first-order valence-corrected chi connectivity index (χ1v) is 10.2. The molecule has 0 saturated carbocycles. The normalized spacial score (nSPS) is 17.0. The summed E-state index contributed by atoms with van der Waals surface area (Å²) >= 11 is 0. The highest BCUT2D eigenvalue weighted by Crippen LogP contribution is 2.32. The lowest BCUT2D eigenvalue weighted by Crippen LogP contribution is -2.26. The van der Waals surface area contributed by atoms with Crippen molar-refractivity contribution in [2.75, 3.05) is 6.54 Å². The molecule has 0 aromatic heterocycles. The van der Waals surface area contributed by atoms with E-state index in [9.17, 15) is 0 Å². The molecule has 0 aromatic rings. The van der Waals surface area contributed by atoms with E-state index in [2.05, 4.69) is 72.2 Å². The van der Waals surface area contributed by atoms with Crippen LogP contribution in [0, 0.1) is 17.8 Å². The summed E-state index contributed by atoms with van der Waals surface area (Å²) < 4.78 is 0. The van der Waals surface area contributed by atoms with E-state index >= 15 is 0 Å². The van der Waals surface area contributed by atoms with Crippen LogP contribution < -0.4 is 5.32 Å². The fourth-order valence-corrected chi connectivity index (χ4v) is 3.66. The molecule has 0 radical (unpaired) electrons. The molecule has 1 nitrogen and oxygen atoms in total. The van der Waals surface area contributed by atoms with Crippen LogP contribution in [0.5, 0.6) is 0 Å². The van der Waals surface area contributed by atoms with Crippen LogP contribution in [0.1, 0.15) is 87.0 Å². The van der Waals surface area contributed by atoms with E-state index in [4.69, 9.17) is 0 Å². The van der Waals surface area contributed by atoms with Gasteiger partial charge in [0.15, 0.2) is 0 Å². The van der Waals surface area contributed by atoms with Crippen LogP contribution in [0.2, 0.25) is 0 Å². The topological polar surface area (TPSA) is 12.0 Å². The summed E-state index contributed by atoms with van der Waals surface area (Å²) in [6.45, 7) is 20.9. The molecule has 1 heteroatoms. The second kappa shape index (κ2) is 13.5. The molecule has 4 unspecified atom stereocenters. The Morgan fingerprint density at radius 2 is 1.71 bits per heavy atom. The molecule has 0 amide bonds. The van der Waals surface area contributed by atoms with E-state index in [0.717, 1.165) is 11.8 Å². The van der Waals surface area contributed by atoms with Crippen molar-refractivity contribution in [3.63, 3.8) is 0 Å². The van der Waals surface area contributed by atoms with Crippen LogP contribution in [-0.2, 0) is 0 Å². The van der Waals surface area contributed by atoms with E-state index in [-0.39, 0.29) is 0 Å². The van der Waals surface area contributed by atoms with Crippen molar-refractivity contribution >= 4 is 0 Å². The number of unbranched alkanes of at least 4 members (excludes halogenated alkanes) is 1. The molecule has 24 heavy (non-hydrogen) atoms. The van der Waals surface area contributed by atoms with Gasteiger partial charge in [-0.05, 0) is 69.1 Å². The van der Waals surface area contributed by atoms with Crippen LogP contribution in [0.15, 0.2) is 29.5 Å². The van der Waals surface area contributed by atoms with Gasteiger partial charge in [-0.25, -0.2) is 0 Å². The first kappa shape index (κ1) is 23.2. The second-order valence-corrected chi connectivity index (χ2v) is 7.51. The fraction of sp³-hybridized carbons (Fsp3) is 0.783. The van der Waals surface area contributed by atoms with Crippen molar-refractivity contribution in [2.45, 2.75) is 93.0 Å². The number of hydrogen-bond acceptors (Lipinski definition) is 1. The second-order valence-electron chi connectivity index (χ2n) is 7.51. The Balaban J connectivity index is 4.55. The Morgan fingerprint density at radius 1 is 1.04 bits per heavy atom. The predicted molar refractivity (Wildman–Crippen MR) is 110 cm³/mol. The zero-order chi connectivity index (χ0) is 18.5. The summed E-state index contributed by atoms with van der Waals surface area (Å²) in [5, 5.41) is 3.61. The van der Waals surface area contributed by atoms with Gasteiger partial charge in [0.25, 0.3) is 0 Å². The first-order valence-electron chi connectivity index (χ1n) is 10.2. The first-order chi connectivity index (χ1) is 11.4. The highest BCUT2D eigenvalue weighted by molar-refractivity contribution is 5.26. The minimum Gasteiger partial charge on any atom is -0.314 e. The standard InChI is InChI=1S/C23H43N/c1-9-18(5)19(6)17-20(7)23(12-4)22(11-3)15-13-14-16-24-21(8)10-2/h17,20-24H,1,10-16H2,2-8H3. The Hall–Kier alpha value is -0.780. The van der Waals surface area contributed by atoms with Crippen LogP contribution in [-0.4, -0.2) is 12.6 Å². The molecular formula is C23H43N. The van der Waals surface area contributed by atoms with E-state index in [1.165, 1.54) is 56.2 Å². The zero-order valence-electron chi connectivity index (χ0n) is 17.5. The Morgan fingerprint density at radius 3 is 2.21 bits per heavy atom. The highest BCUT2D eigenvalue weighted by Gasteiger charge is 2.22. The van der Waals surface area contributed by atoms with Gasteiger partial charge in [-0.3, -0.25) is 0 Å². The van der Waals surface area contributed by atoms with Crippen LogP contribution in [0.4, 0.5) is 0 Å². The average Bonchev–Trinajstić information content (AvgIpc) is 2.58. The molecule has 0 fully saturated rings. The van der Waals surface area contributed by atoms with E-state index < -0.39 is 0 Å². The summed E-state index contributed by atoms with van der Waals surface area (Å²) in [7, 11) is 0. The van der Waals surface area contributed by atoms with Gasteiger partial charge in [-0.2, -0.15) is 0 Å².